The van der Waals surface area contributed by atoms with Crippen molar-refractivity contribution < 1.29 is 14.3 Å². The van der Waals surface area contributed by atoms with Gasteiger partial charge in [-0.15, -0.1) is 0 Å². The van der Waals surface area contributed by atoms with Crippen molar-refractivity contribution in [2.24, 2.45) is 0 Å². The minimum absolute atomic E-state index is 0.0805. The monoisotopic (exact) mass is 381 g/mol. The molecule has 1 aromatic carbocycles. The highest BCUT2D eigenvalue weighted by atomic mass is 16.5. The quantitative estimate of drug-likeness (QED) is 0.735. The number of nitrogens with one attached hydrogen (secondary N) is 1. The van der Waals surface area contributed by atoms with Gasteiger partial charge in [0.25, 0.3) is 5.91 Å². The predicted molar refractivity (Wildman–Crippen MR) is 107 cm³/mol. The Labute approximate surface area is 162 Å². The van der Waals surface area contributed by atoms with Gasteiger partial charge in [-0.3, -0.25) is 14.6 Å². The number of H-pyrrole nitrogens is 1. The third kappa shape index (κ3) is 3.43. The normalized spacial score (nSPS) is 10.8. The van der Waals surface area contributed by atoms with Gasteiger partial charge in [-0.2, -0.15) is 0 Å². The molecule has 2 aromatic heterocycles. The number of ether oxygens (including phenoxy) is 2. The molecule has 0 radical (unpaired) electrons. The maximum absolute atomic E-state index is 12.9. The van der Waals surface area contributed by atoms with Crippen molar-refractivity contribution in [2.45, 2.75) is 20.4 Å². The molecule has 7 nitrogen and oxygen atoms in total. The molecule has 1 amide bonds. The lowest BCUT2D eigenvalue weighted by Gasteiger charge is -2.19. The third-order valence-corrected chi connectivity index (χ3v) is 4.80. The van der Waals surface area contributed by atoms with E-state index in [0.29, 0.717) is 16.7 Å². The average molecular weight is 381 g/mol. The number of aromatic amines is 1. The van der Waals surface area contributed by atoms with E-state index < -0.39 is 0 Å². The summed E-state index contributed by atoms with van der Waals surface area (Å²) < 4.78 is 10.6. The van der Waals surface area contributed by atoms with Crippen LogP contribution in [0.1, 0.15) is 27.2 Å². The van der Waals surface area contributed by atoms with Crippen LogP contribution in [0.2, 0.25) is 0 Å². The SMILES string of the molecule is COc1ccc2c(=O)c(C(=O)N(C)Cc3ncc(C)c(OC)c3C)c[nH]c2c1. The molecule has 0 atom stereocenters. The summed E-state index contributed by atoms with van der Waals surface area (Å²) in [5.41, 5.74) is 2.90. The molecule has 3 rings (SSSR count). The van der Waals surface area contributed by atoms with Crippen molar-refractivity contribution in [3.63, 3.8) is 0 Å². The number of fused-ring (bicyclic) bond motifs is 1. The van der Waals surface area contributed by atoms with E-state index in [1.807, 2.05) is 13.8 Å². The summed E-state index contributed by atoms with van der Waals surface area (Å²) >= 11 is 0. The Balaban J connectivity index is 1.92. The Bertz CT molecular complexity index is 1100. The van der Waals surface area contributed by atoms with Crippen LogP contribution in [0.25, 0.3) is 10.9 Å². The minimum atomic E-state index is -0.375. The van der Waals surface area contributed by atoms with E-state index in [2.05, 4.69) is 9.97 Å². The maximum atomic E-state index is 12.9. The van der Waals surface area contributed by atoms with E-state index in [9.17, 15) is 9.59 Å². The molecule has 7 heteroatoms. The second kappa shape index (κ2) is 7.72. The Kier molecular flexibility index (Phi) is 5.35. The fraction of sp³-hybridized carbons (Fsp3) is 0.286. The number of rotatable bonds is 5. The first-order chi connectivity index (χ1) is 13.4. The van der Waals surface area contributed by atoms with Crippen LogP contribution in [0, 0.1) is 13.8 Å². The average Bonchev–Trinajstić information content (AvgIpc) is 2.70. The number of aryl methyl sites for hydroxylation is 1. The van der Waals surface area contributed by atoms with E-state index >= 15 is 0 Å². The molecule has 0 saturated heterocycles. The largest absolute Gasteiger partial charge is 0.497 e. The molecule has 0 fully saturated rings. The zero-order chi connectivity index (χ0) is 20.4. The molecule has 0 bridgehead atoms. The Morgan fingerprint density at radius 3 is 2.64 bits per heavy atom. The van der Waals surface area contributed by atoms with E-state index in [0.717, 1.165) is 22.6 Å². The highest BCUT2D eigenvalue weighted by Crippen LogP contribution is 2.25. The molecule has 0 saturated carbocycles. The molecule has 146 valence electrons. The van der Waals surface area contributed by atoms with Gasteiger partial charge in [-0.25, -0.2) is 0 Å². The van der Waals surface area contributed by atoms with Crippen LogP contribution in [0.4, 0.5) is 0 Å². The summed E-state index contributed by atoms with van der Waals surface area (Å²) in [6.07, 6.45) is 3.16. The molecular weight excluding hydrogens is 358 g/mol. The lowest BCUT2D eigenvalue weighted by atomic mass is 10.1. The number of amides is 1. The summed E-state index contributed by atoms with van der Waals surface area (Å²) in [4.78, 5) is 34.6. The van der Waals surface area contributed by atoms with Crippen molar-refractivity contribution in [3.8, 4) is 11.5 Å². The molecule has 0 aliphatic heterocycles. The van der Waals surface area contributed by atoms with E-state index in [4.69, 9.17) is 9.47 Å². The number of nitrogens with zero attached hydrogens (tertiary/aromatic N) is 2. The fourth-order valence-electron chi connectivity index (χ4n) is 3.22. The van der Waals surface area contributed by atoms with Crippen molar-refractivity contribution in [1.82, 2.24) is 14.9 Å². The van der Waals surface area contributed by atoms with Crippen LogP contribution < -0.4 is 14.9 Å². The van der Waals surface area contributed by atoms with E-state index in [1.165, 1.54) is 11.1 Å². The molecule has 28 heavy (non-hydrogen) atoms. The third-order valence-electron chi connectivity index (χ3n) is 4.80. The first-order valence-corrected chi connectivity index (χ1v) is 8.81. The lowest BCUT2D eigenvalue weighted by Crippen LogP contribution is -2.31. The molecule has 0 unspecified atom stereocenters. The number of hydrogen-bond donors (Lipinski definition) is 1. The zero-order valence-electron chi connectivity index (χ0n) is 16.6. The highest BCUT2D eigenvalue weighted by molar-refractivity contribution is 5.97. The summed E-state index contributed by atoms with van der Waals surface area (Å²) in [6.45, 7) is 4.09. The van der Waals surface area contributed by atoms with Crippen LogP contribution in [-0.4, -0.2) is 42.0 Å². The van der Waals surface area contributed by atoms with Crippen LogP contribution >= 0.6 is 0 Å². The van der Waals surface area contributed by atoms with Gasteiger partial charge in [0.15, 0.2) is 0 Å². The van der Waals surface area contributed by atoms with E-state index in [-0.39, 0.29) is 23.4 Å². The number of hydrogen-bond acceptors (Lipinski definition) is 5. The number of benzene rings is 1. The second-order valence-corrected chi connectivity index (χ2v) is 6.65. The summed E-state index contributed by atoms with van der Waals surface area (Å²) in [7, 11) is 4.81. The minimum Gasteiger partial charge on any atom is -0.497 e. The molecular formula is C21H23N3O4. The van der Waals surface area contributed by atoms with Gasteiger partial charge in [0.2, 0.25) is 5.43 Å². The van der Waals surface area contributed by atoms with Gasteiger partial charge >= 0.3 is 0 Å². The Morgan fingerprint density at radius 1 is 1.21 bits per heavy atom. The first kappa shape index (κ1) is 19.4. The van der Waals surface area contributed by atoms with E-state index in [1.54, 1.807) is 45.7 Å². The van der Waals surface area contributed by atoms with Crippen molar-refractivity contribution >= 4 is 16.8 Å². The number of carbonyl (C=O) groups excluding carboxylic acids is 1. The van der Waals surface area contributed by atoms with Gasteiger partial charge in [0.05, 0.1) is 32.0 Å². The highest BCUT2D eigenvalue weighted by Gasteiger charge is 2.19. The van der Waals surface area contributed by atoms with Gasteiger partial charge < -0.3 is 19.4 Å². The lowest BCUT2D eigenvalue weighted by molar-refractivity contribution is 0.0781. The standard InChI is InChI=1S/C21H23N3O4/c1-12-9-22-18(13(2)20(12)28-5)11-24(3)21(26)16-10-23-17-8-14(27-4)6-7-15(17)19(16)25/h6-10H,11H2,1-5H3,(H,23,25). The van der Waals surface area contributed by atoms with Crippen molar-refractivity contribution in [2.75, 3.05) is 21.3 Å². The number of methoxy groups -OCH3 is 2. The van der Waals surface area contributed by atoms with Crippen LogP contribution in [-0.2, 0) is 6.54 Å². The summed E-state index contributed by atoms with van der Waals surface area (Å²) in [5, 5.41) is 0.436. The molecule has 0 spiro atoms. The number of carbonyl (C=O) groups is 1. The maximum Gasteiger partial charge on any atom is 0.259 e. The van der Waals surface area contributed by atoms with Crippen LogP contribution in [0.5, 0.6) is 11.5 Å². The van der Waals surface area contributed by atoms with Crippen molar-refractivity contribution in [1.29, 1.82) is 0 Å². The van der Waals surface area contributed by atoms with Gasteiger partial charge in [-0.05, 0) is 26.0 Å². The fourth-order valence-corrected chi connectivity index (χ4v) is 3.22. The number of aromatic nitrogens is 2. The van der Waals surface area contributed by atoms with Gasteiger partial charge in [-0.1, -0.05) is 0 Å². The smallest absolute Gasteiger partial charge is 0.259 e. The number of pyridine rings is 2. The topological polar surface area (TPSA) is 84.5 Å². The first-order valence-electron chi connectivity index (χ1n) is 8.81. The Hall–Kier alpha value is -3.35. The van der Waals surface area contributed by atoms with Gasteiger partial charge in [0.1, 0.15) is 17.1 Å². The van der Waals surface area contributed by atoms with Crippen LogP contribution in [0.3, 0.4) is 0 Å². The molecule has 3 aromatic rings. The predicted octanol–water partition coefficient (Wildman–Crippen LogP) is 2.83. The second-order valence-electron chi connectivity index (χ2n) is 6.65. The molecule has 0 aliphatic carbocycles. The van der Waals surface area contributed by atoms with Gasteiger partial charge in [0, 0.05) is 42.0 Å². The summed E-state index contributed by atoms with van der Waals surface area (Å²) in [6, 6.07) is 5.07. The summed E-state index contributed by atoms with van der Waals surface area (Å²) in [5.74, 6) is 1.01. The Morgan fingerprint density at radius 2 is 1.96 bits per heavy atom. The molecule has 1 N–H and O–H groups in total. The van der Waals surface area contributed by atoms with Crippen LogP contribution in [0.15, 0.2) is 35.4 Å². The van der Waals surface area contributed by atoms with Crippen molar-refractivity contribution in [3.05, 3.63) is 63.2 Å². The molecule has 0 aliphatic rings. The zero-order valence-corrected chi connectivity index (χ0v) is 16.6. The molecule has 2 heterocycles.